The van der Waals surface area contributed by atoms with Crippen molar-refractivity contribution < 1.29 is 4.79 Å². The Morgan fingerprint density at radius 2 is 1.67 bits per heavy atom. The minimum Gasteiger partial charge on any atom is -0.327 e. The predicted octanol–water partition coefficient (Wildman–Crippen LogP) is 3.70. The third kappa shape index (κ3) is 2.83. The summed E-state index contributed by atoms with van der Waals surface area (Å²) in [5, 5.41) is 0.559. The van der Waals surface area contributed by atoms with E-state index in [0.29, 0.717) is 23.3 Å². The van der Waals surface area contributed by atoms with Crippen LogP contribution >= 0.6 is 0 Å². The molecule has 2 atom stereocenters. The second-order valence-electron chi connectivity index (χ2n) is 7.48. The first-order chi connectivity index (χ1) is 13.0. The molecule has 4 rings (SSSR count). The number of para-hydroxylation sites is 1. The minimum atomic E-state index is -0.537. The molecule has 1 aliphatic rings. The Hall–Kier alpha value is -2.95. The van der Waals surface area contributed by atoms with Crippen LogP contribution < -0.4 is 5.56 Å². The van der Waals surface area contributed by atoms with Crippen molar-refractivity contribution >= 4 is 16.8 Å². The number of hydrogen-bond donors (Lipinski definition) is 0. The van der Waals surface area contributed by atoms with Crippen LogP contribution in [0.4, 0.5) is 0 Å². The molecular weight excluding hydrogens is 338 g/mol. The smallest absolute Gasteiger partial charge is 0.262 e. The molecule has 0 N–H and O–H groups in total. The van der Waals surface area contributed by atoms with Gasteiger partial charge in [0.1, 0.15) is 11.9 Å². The Bertz CT molecular complexity index is 1060. The quantitative estimate of drug-likeness (QED) is 0.715. The van der Waals surface area contributed by atoms with Crippen molar-refractivity contribution in [2.24, 2.45) is 5.92 Å². The number of amides is 1. The highest BCUT2D eigenvalue weighted by atomic mass is 16.2. The van der Waals surface area contributed by atoms with Crippen LogP contribution in [0, 0.1) is 5.92 Å². The first-order valence-corrected chi connectivity index (χ1v) is 9.34. The summed E-state index contributed by atoms with van der Waals surface area (Å²) in [6, 6.07) is 16.5. The normalized spacial score (nSPS) is 19.6. The van der Waals surface area contributed by atoms with Crippen LogP contribution in [0.5, 0.6) is 0 Å². The average Bonchev–Trinajstić information content (AvgIpc) is 2.67. The van der Waals surface area contributed by atoms with E-state index in [4.69, 9.17) is 4.98 Å². The molecule has 0 spiro atoms. The maximum atomic E-state index is 13.4. The minimum absolute atomic E-state index is 0.0114. The van der Waals surface area contributed by atoms with Gasteiger partial charge in [-0.15, -0.1) is 0 Å². The predicted molar refractivity (Wildman–Crippen MR) is 105 cm³/mol. The molecule has 0 saturated carbocycles. The van der Waals surface area contributed by atoms with Crippen LogP contribution in [-0.4, -0.2) is 20.4 Å². The number of nitrogens with zero attached hydrogens (tertiary/aromatic N) is 3. The van der Waals surface area contributed by atoms with E-state index in [-0.39, 0.29) is 23.4 Å². The summed E-state index contributed by atoms with van der Waals surface area (Å²) >= 11 is 0. The number of aromatic nitrogens is 2. The Kier molecular flexibility index (Phi) is 4.30. The standard InChI is InChI=1S/C22H23N3O2/c1-14(2)19-22(27)24(13-16-9-5-4-6-10-16)15(3)20-23-18-12-8-7-11-17(18)21(26)25(19)20/h4-12,14-15,19H,13H2,1-3H3/t15-,19+/m1/s1. The molecule has 5 heteroatoms. The molecule has 1 aromatic heterocycles. The third-order valence-electron chi connectivity index (χ3n) is 5.32. The first-order valence-electron chi connectivity index (χ1n) is 9.34. The van der Waals surface area contributed by atoms with Crippen LogP contribution in [-0.2, 0) is 11.3 Å². The topological polar surface area (TPSA) is 55.2 Å². The van der Waals surface area contributed by atoms with Gasteiger partial charge in [-0.3, -0.25) is 14.2 Å². The number of carbonyl (C=O) groups is 1. The molecule has 0 fully saturated rings. The van der Waals surface area contributed by atoms with E-state index >= 15 is 0 Å². The fourth-order valence-electron chi connectivity index (χ4n) is 3.92. The van der Waals surface area contributed by atoms with E-state index in [2.05, 4.69) is 0 Å². The molecule has 0 saturated heterocycles. The van der Waals surface area contributed by atoms with Crippen molar-refractivity contribution in [3.63, 3.8) is 0 Å². The lowest BCUT2D eigenvalue weighted by Crippen LogP contribution is -2.50. The fraction of sp³-hybridized carbons (Fsp3) is 0.318. The summed E-state index contributed by atoms with van der Waals surface area (Å²) < 4.78 is 1.63. The lowest BCUT2D eigenvalue weighted by atomic mass is 9.97. The van der Waals surface area contributed by atoms with E-state index in [9.17, 15) is 9.59 Å². The molecule has 27 heavy (non-hydrogen) atoms. The van der Waals surface area contributed by atoms with Crippen LogP contribution in [0.1, 0.15) is 44.2 Å². The van der Waals surface area contributed by atoms with E-state index in [1.54, 1.807) is 10.6 Å². The first kappa shape index (κ1) is 17.5. The molecule has 2 heterocycles. The number of fused-ring (bicyclic) bond motifs is 2. The molecule has 2 aromatic carbocycles. The largest absolute Gasteiger partial charge is 0.327 e. The molecule has 0 radical (unpaired) electrons. The van der Waals surface area contributed by atoms with Crippen molar-refractivity contribution in [3.05, 3.63) is 76.3 Å². The Labute approximate surface area is 158 Å². The van der Waals surface area contributed by atoms with Gasteiger partial charge in [0.05, 0.1) is 16.9 Å². The molecule has 138 valence electrons. The zero-order valence-electron chi connectivity index (χ0n) is 15.8. The van der Waals surface area contributed by atoms with Crippen LogP contribution in [0.15, 0.2) is 59.4 Å². The van der Waals surface area contributed by atoms with Gasteiger partial charge < -0.3 is 4.90 Å². The van der Waals surface area contributed by atoms with Gasteiger partial charge in [0.25, 0.3) is 5.56 Å². The van der Waals surface area contributed by atoms with Gasteiger partial charge in [0, 0.05) is 6.54 Å². The van der Waals surface area contributed by atoms with E-state index in [0.717, 1.165) is 5.56 Å². The molecule has 1 aliphatic heterocycles. The Balaban J connectivity index is 1.90. The van der Waals surface area contributed by atoms with Crippen LogP contribution in [0.2, 0.25) is 0 Å². The highest BCUT2D eigenvalue weighted by molar-refractivity contribution is 5.84. The van der Waals surface area contributed by atoms with Gasteiger partial charge in [0.15, 0.2) is 0 Å². The molecule has 0 aliphatic carbocycles. The maximum absolute atomic E-state index is 13.4. The molecule has 5 nitrogen and oxygen atoms in total. The zero-order chi connectivity index (χ0) is 19.1. The summed E-state index contributed by atoms with van der Waals surface area (Å²) in [6.07, 6.45) is 0. The summed E-state index contributed by atoms with van der Waals surface area (Å²) in [5.41, 5.74) is 1.61. The molecule has 1 amide bonds. The zero-order valence-corrected chi connectivity index (χ0v) is 15.8. The number of rotatable bonds is 3. The van der Waals surface area contributed by atoms with Gasteiger partial charge in [-0.25, -0.2) is 4.98 Å². The Morgan fingerprint density at radius 1 is 1.00 bits per heavy atom. The maximum Gasteiger partial charge on any atom is 0.262 e. The number of hydrogen-bond acceptors (Lipinski definition) is 3. The SMILES string of the molecule is CC(C)[C@H]1C(=O)N(Cc2ccccc2)[C@H](C)c2nc3ccccc3c(=O)n21. The number of carbonyl (C=O) groups excluding carboxylic acids is 1. The third-order valence-corrected chi connectivity index (χ3v) is 5.32. The van der Waals surface area contributed by atoms with Crippen molar-refractivity contribution in [2.75, 3.05) is 0 Å². The lowest BCUT2D eigenvalue weighted by Gasteiger charge is -2.40. The van der Waals surface area contributed by atoms with Gasteiger partial charge in [-0.2, -0.15) is 0 Å². The summed E-state index contributed by atoms with van der Waals surface area (Å²) in [5.74, 6) is 0.628. The molecule has 0 bridgehead atoms. The Morgan fingerprint density at radius 3 is 2.37 bits per heavy atom. The monoisotopic (exact) mass is 361 g/mol. The van der Waals surface area contributed by atoms with Crippen molar-refractivity contribution in [1.29, 1.82) is 0 Å². The summed E-state index contributed by atoms with van der Waals surface area (Å²) in [6.45, 7) is 6.41. The van der Waals surface area contributed by atoms with Gasteiger partial charge in [-0.05, 0) is 30.5 Å². The van der Waals surface area contributed by atoms with Crippen molar-refractivity contribution in [2.45, 2.75) is 39.4 Å². The second kappa shape index (κ2) is 6.65. The molecular formula is C22H23N3O2. The van der Waals surface area contributed by atoms with Crippen molar-refractivity contribution in [3.8, 4) is 0 Å². The van der Waals surface area contributed by atoms with Crippen molar-refractivity contribution in [1.82, 2.24) is 14.5 Å². The van der Waals surface area contributed by atoms with Gasteiger partial charge in [-0.1, -0.05) is 56.3 Å². The molecule has 3 aromatic rings. The van der Waals surface area contributed by atoms with E-state index in [1.807, 2.05) is 74.2 Å². The van der Waals surface area contributed by atoms with Gasteiger partial charge in [0.2, 0.25) is 5.91 Å². The number of benzene rings is 2. The highest BCUT2D eigenvalue weighted by Gasteiger charge is 2.40. The highest BCUT2D eigenvalue weighted by Crippen LogP contribution is 2.34. The van der Waals surface area contributed by atoms with E-state index < -0.39 is 6.04 Å². The molecule has 0 unspecified atom stereocenters. The van der Waals surface area contributed by atoms with E-state index in [1.165, 1.54) is 0 Å². The van der Waals surface area contributed by atoms with Gasteiger partial charge >= 0.3 is 0 Å². The second-order valence-corrected chi connectivity index (χ2v) is 7.48. The fourth-order valence-corrected chi connectivity index (χ4v) is 3.92. The average molecular weight is 361 g/mol. The lowest BCUT2D eigenvalue weighted by molar-refractivity contribution is -0.142. The van der Waals surface area contributed by atoms with Crippen LogP contribution in [0.25, 0.3) is 10.9 Å². The summed E-state index contributed by atoms with van der Waals surface area (Å²) in [4.78, 5) is 33.2. The van der Waals surface area contributed by atoms with Crippen LogP contribution in [0.3, 0.4) is 0 Å². The summed E-state index contributed by atoms with van der Waals surface area (Å²) in [7, 11) is 0.